The molecule has 1 fully saturated rings. The Hall–Kier alpha value is -1.06. The smallest absolute Gasteiger partial charge is 0.335 e. The summed E-state index contributed by atoms with van der Waals surface area (Å²) in [6, 6.07) is 0. The highest BCUT2D eigenvalue weighted by molar-refractivity contribution is 5.73. The highest BCUT2D eigenvalue weighted by atomic mass is 16.7. The van der Waals surface area contributed by atoms with Crippen LogP contribution in [0.1, 0.15) is 33.1 Å². The molecule has 0 radical (unpaired) electrons. The van der Waals surface area contributed by atoms with E-state index in [1.807, 2.05) is 5.48 Å². The lowest BCUT2D eigenvalue weighted by atomic mass is 9.91. The topological polar surface area (TPSA) is 55.4 Å². The van der Waals surface area contributed by atoms with Crippen molar-refractivity contribution in [2.75, 3.05) is 0 Å². The minimum absolute atomic E-state index is 0.0533. The zero-order chi connectivity index (χ0) is 9.90. The molecule has 1 N–H and O–H groups in total. The van der Waals surface area contributed by atoms with Gasteiger partial charge in [-0.2, -0.15) is 5.48 Å². The number of carbonyl (C=O) groups excluding carboxylic acids is 2. The molecule has 1 unspecified atom stereocenters. The summed E-state index contributed by atoms with van der Waals surface area (Å²) in [5, 5.41) is 0. The average Bonchev–Trinajstić information content (AvgIpc) is 2.42. The van der Waals surface area contributed by atoms with Crippen molar-refractivity contribution in [2.24, 2.45) is 11.3 Å². The number of hydrogen-bond acceptors (Lipinski definition) is 3. The second-order valence-corrected chi connectivity index (χ2v) is 4.26. The Labute approximate surface area is 77.6 Å². The number of carbonyl (C=O) groups is 2. The van der Waals surface area contributed by atoms with E-state index in [-0.39, 0.29) is 17.3 Å². The molecule has 1 amide bonds. The molecule has 0 aliphatic heterocycles. The van der Waals surface area contributed by atoms with Crippen molar-refractivity contribution in [2.45, 2.75) is 33.1 Å². The van der Waals surface area contributed by atoms with Crippen LogP contribution in [0.25, 0.3) is 0 Å². The molecule has 1 rings (SSSR count). The van der Waals surface area contributed by atoms with Crippen molar-refractivity contribution in [3.63, 3.8) is 0 Å². The standard InChI is InChI=1S/C9H15NO3/c1-9(2)4-3-7(5-9)8(12)13-10-6-11/h6-7H,3-5H2,1-2H3,(H,10,11). The van der Waals surface area contributed by atoms with Gasteiger partial charge < -0.3 is 4.84 Å². The van der Waals surface area contributed by atoms with E-state index in [4.69, 9.17) is 0 Å². The lowest BCUT2D eigenvalue weighted by Gasteiger charge is -2.15. The van der Waals surface area contributed by atoms with Crippen LogP contribution in [0.3, 0.4) is 0 Å². The molecule has 0 bridgehead atoms. The van der Waals surface area contributed by atoms with Gasteiger partial charge in [0.05, 0.1) is 5.92 Å². The normalized spacial score (nSPS) is 25.2. The van der Waals surface area contributed by atoms with E-state index in [2.05, 4.69) is 18.7 Å². The summed E-state index contributed by atoms with van der Waals surface area (Å²) in [6.07, 6.45) is 3.09. The number of rotatable bonds is 3. The fraction of sp³-hybridized carbons (Fsp3) is 0.778. The molecule has 0 saturated heterocycles. The number of hydrogen-bond donors (Lipinski definition) is 1. The van der Waals surface area contributed by atoms with E-state index in [1.54, 1.807) is 0 Å². The summed E-state index contributed by atoms with van der Waals surface area (Å²) in [6.45, 7) is 4.26. The van der Waals surface area contributed by atoms with Crippen LogP contribution >= 0.6 is 0 Å². The third-order valence-electron chi connectivity index (χ3n) is 2.51. The van der Waals surface area contributed by atoms with E-state index in [1.165, 1.54) is 0 Å². The average molecular weight is 185 g/mol. The Balaban J connectivity index is 2.37. The van der Waals surface area contributed by atoms with Gasteiger partial charge in [0.15, 0.2) is 0 Å². The molecule has 0 aromatic heterocycles. The third kappa shape index (κ3) is 2.72. The first-order chi connectivity index (χ1) is 6.05. The molecule has 0 aromatic rings. The van der Waals surface area contributed by atoms with Gasteiger partial charge in [0.25, 0.3) is 0 Å². The van der Waals surface area contributed by atoms with E-state index < -0.39 is 0 Å². The van der Waals surface area contributed by atoms with Crippen molar-refractivity contribution in [1.82, 2.24) is 5.48 Å². The van der Waals surface area contributed by atoms with Gasteiger partial charge in [-0.1, -0.05) is 13.8 Å². The van der Waals surface area contributed by atoms with Gasteiger partial charge in [-0.25, -0.2) is 4.79 Å². The molecule has 1 aliphatic carbocycles. The highest BCUT2D eigenvalue weighted by Gasteiger charge is 2.36. The lowest BCUT2D eigenvalue weighted by molar-refractivity contribution is -0.158. The summed E-state index contributed by atoms with van der Waals surface area (Å²) in [4.78, 5) is 25.6. The monoisotopic (exact) mass is 185 g/mol. The van der Waals surface area contributed by atoms with Gasteiger partial charge in [0.2, 0.25) is 6.41 Å². The second kappa shape index (κ2) is 3.77. The van der Waals surface area contributed by atoms with Crippen molar-refractivity contribution >= 4 is 12.4 Å². The predicted molar refractivity (Wildman–Crippen MR) is 46.4 cm³/mol. The van der Waals surface area contributed by atoms with E-state index >= 15 is 0 Å². The van der Waals surface area contributed by atoms with Crippen LogP contribution in [0.4, 0.5) is 0 Å². The molecule has 1 aliphatic rings. The van der Waals surface area contributed by atoms with E-state index in [9.17, 15) is 9.59 Å². The molecule has 0 heterocycles. The van der Waals surface area contributed by atoms with Crippen LogP contribution in [-0.4, -0.2) is 12.4 Å². The number of hydroxylamine groups is 1. The number of amides is 1. The maximum absolute atomic E-state index is 11.2. The second-order valence-electron chi connectivity index (χ2n) is 4.26. The van der Waals surface area contributed by atoms with Crippen LogP contribution in [0.2, 0.25) is 0 Å². The van der Waals surface area contributed by atoms with Crippen molar-refractivity contribution in [1.29, 1.82) is 0 Å². The molecule has 1 saturated carbocycles. The van der Waals surface area contributed by atoms with Gasteiger partial charge in [-0.3, -0.25) is 4.79 Å². The Morgan fingerprint density at radius 3 is 2.77 bits per heavy atom. The predicted octanol–water partition coefficient (Wildman–Crippen LogP) is 1.02. The summed E-state index contributed by atoms with van der Waals surface area (Å²) in [5.41, 5.74) is 2.15. The van der Waals surface area contributed by atoms with Crippen molar-refractivity contribution < 1.29 is 14.4 Å². The summed E-state index contributed by atoms with van der Waals surface area (Å²) in [7, 11) is 0. The van der Waals surface area contributed by atoms with Gasteiger partial charge in [0, 0.05) is 0 Å². The van der Waals surface area contributed by atoms with E-state index in [0.717, 1.165) is 19.3 Å². The third-order valence-corrected chi connectivity index (χ3v) is 2.51. The summed E-state index contributed by atoms with van der Waals surface area (Å²) < 4.78 is 0. The molecule has 0 spiro atoms. The van der Waals surface area contributed by atoms with Crippen LogP contribution in [0.15, 0.2) is 0 Å². The van der Waals surface area contributed by atoms with Gasteiger partial charge in [-0.15, -0.1) is 0 Å². The first-order valence-electron chi connectivity index (χ1n) is 4.45. The molecule has 74 valence electrons. The van der Waals surface area contributed by atoms with Gasteiger partial charge in [-0.05, 0) is 24.7 Å². The minimum Gasteiger partial charge on any atom is -0.341 e. The Morgan fingerprint density at radius 1 is 1.62 bits per heavy atom. The first kappa shape index (κ1) is 10.0. The van der Waals surface area contributed by atoms with Crippen LogP contribution < -0.4 is 5.48 Å². The molecular formula is C9H15NO3. The van der Waals surface area contributed by atoms with Crippen molar-refractivity contribution in [3.8, 4) is 0 Å². The molecule has 4 nitrogen and oxygen atoms in total. The largest absolute Gasteiger partial charge is 0.341 e. The fourth-order valence-corrected chi connectivity index (χ4v) is 1.80. The maximum atomic E-state index is 11.2. The Morgan fingerprint density at radius 2 is 2.31 bits per heavy atom. The maximum Gasteiger partial charge on any atom is 0.335 e. The lowest BCUT2D eigenvalue weighted by Crippen LogP contribution is -2.24. The Bertz CT molecular complexity index is 213. The summed E-state index contributed by atoms with van der Waals surface area (Å²) >= 11 is 0. The molecule has 0 aromatic carbocycles. The fourth-order valence-electron chi connectivity index (χ4n) is 1.80. The van der Waals surface area contributed by atoms with Gasteiger partial charge >= 0.3 is 5.97 Å². The molecule has 1 atom stereocenters. The summed E-state index contributed by atoms with van der Waals surface area (Å²) in [5.74, 6) is -0.375. The van der Waals surface area contributed by atoms with Crippen LogP contribution in [0, 0.1) is 11.3 Å². The van der Waals surface area contributed by atoms with Crippen LogP contribution in [0.5, 0.6) is 0 Å². The SMILES string of the molecule is CC1(C)CCC(C(=O)ONC=O)C1. The van der Waals surface area contributed by atoms with Crippen LogP contribution in [-0.2, 0) is 14.4 Å². The quantitative estimate of drug-likeness (QED) is 0.527. The minimum atomic E-state index is -0.322. The zero-order valence-electron chi connectivity index (χ0n) is 8.00. The molecule has 13 heavy (non-hydrogen) atoms. The molecular weight excluding hydrogens is 170 g/mol. The van der Waals surface area contributed by atoms with E-state index in [0.29, 0.717) is 6.41 Å². The van der Waals surface area contributed by atoms with Crippen molar-refractivity contribution in [3.05, 3.63) is 0 Å². The molecule has 4 heteroatoms. The Kier molecular flexibility index (Phi) is 2.90. The van der Waals surface area contributed by atoms with Gasteiger partial charge in [0.1, 0.15) is 0 Å². The number of nitrogens with one attached hydrogen (secondary N) is 1. The zero-order valence-corrected chi connectivity index (χ0v) is 8.00. The first-order valence-corrected chi connectivity index (χ1v) is 4.45. The highest BCUT2D eigenvalue weighted by Crippen LogP contribution is 2.41.